The van der Waals surface area contributed by atoms with Crippen molar-refractivity contribution in [1.82, 2.24) is 4.90 Å². The number of fused-ring (bicyclic) bond motifs is 2. The molecule has 7 nitrogen and oxygen atoms in total. The molecule has 2 bridgehead atoms. The maximum atomic E-state index is 12.7. The Hall–Kier alpha value is -2.38. The first-order valence-corrected chi connectivity index (χ1v) is 10.7. The van der Waals surface area contributed by atoms with E-state index in [0.717, 1.165) is 18.7 Å². The third kappa shape index (κ3) is 7.80. The van der Waals surface area contributed by atoms with Crippen LogP contribution in [0.4, 0.5) is 0 Å². The summed E-state index contributed by atoms with van der Waals surface area (Å²) in [4.78, 5) is 35.5. The molecule has 0 aromatic heterocycles. The summed E-state index contributed by atoms with van der Waals surface area (Å²) < 4.78 is 0. The zero-order chi connectivity index (χ0) is 22.1. The van der Waals surface area contributed by atoms with Crippen LogP contribution in [0.2, 0.25) is 5.02 Å². The standard InChI is InChI=1S/C18H25ClN2O.C4H4O4/c1-2-3-8-20-10-14-9-15(11-20)13-21(12-14)18(22)16-4-6-17(19)7-5-16;5-3(6)1-2-4(7)8/h4-7,14-15H,2-3,8-13H2,1H3;1-2H,(H,5,6)(H,7,8)/b;2-1-. The molecule has 0 saturated carbocycles. The van der Waals surface area contributed by atoms with Crippen molar-refractivity contribution in [2.24, 2.45) is 11.8 Å². The first-order chi connectivity index (χ1) is 14.3. The normalized spacial score (nSPS) is 22.9. The Morgan fingerprint density at radius 1 is 1.17 bits per heavy atom. The highest BCUT2D eigenvalue weighted by Gasteiger charge is 2.38. The van der Waals surface area contributed by atoms with Crippen molar-refractivity contribution in [3.63, 3.8) is 0 Å². The van der Waals surface area contributed by atoms with Crippen LogP contribution in [0.1, 0.15) is 36.5 Å². The molecule has 2 aliphatic rings. The number of nitrogens with one attached hydrogen (secondary N) is 1. The molecule has 0 aliphatic carbocycles. The largest absolute Gasteiger partial charge is 0.545 e. The van der Waals surface area contributed by atoms with Crippen LogP contribution >= 0.6 is 11.6 Å². The van der Waals surface area contributed by atoms with E-state index in [9.17, 15) is 19.5 Å². The summed E-state index contributed by atoms with van der Waals surface area (Å²) in [5.74, 6) is -1.28. The number of rotatable bonds is 6. The molecule has 2 fully saturated rings. The average molecular weight is 437 g/mol. The number of nitrogens with zero attached hydrogens (tertiary/aromatic N) is 1. The quantitative estimate of drug-likeness (QED) is 0.632. The van der Waals surface area contributed by atoms with Crippen molar-refractivity contribution in [3.8, 4) is 0 Å². The minimum absolute atomic E-state index is 0.170. The van der Waals surface area contributed by atoms with E-state index in [1.807, 2.05) is 12.1 Å². The van der Waals surface area contributed by atoms with Crippen molar-refractivity contribution in [2.45, 2.75) is 26.2 Å². The van der Waals surface area contributed by atoms with Crippen LogP contribution in [0.15, 0.2) is 36.4 Å². The van der Waals surface area contributed by atoms with E-state index in [4.69, 9.17) is 16.7 Å². The van der Waals surface area contributed by atoms with Gasteiger partial charge in [0, 0.05) is 41.6 Å². The molecule has 30 heavy (non-hydrogen) atoms. The lowest BCUT2D eigenvalue weighted by Gasteiger charge is -2.43. The lowest BCUT2D eigenvalue weighted by molar-refractivity contribution is -0.913. The lowest BCUT2D eigenvalue weighted by atomic mass is 9.84. The Morgan fingerprint density at radius 3 is 2.23 bits per heavy atom. The number of hydrogen-bond acceptors (Lipinski definition) is 4. The molecule has 2 unspecified atom stereocenters. The Morgan fingerprint density at radius 2 is 1.77 bits per heavy atom. The predicted molar refractivity (Wildman–Crippen MR) is 111 cm³/mol. The summed E-state index contributed by atoms with van der Waals surface area (Å²) in [5.41, 5.74) is 0.763. The highest BCUT2D eigenvalue weighted by Crippen LogP contribution is 2.24. The number of unbranched alkanes of at least 4 members (excludes halogenated alkanes) is 1. The zero-order valence-corrected chi connectivity index (χ0v) is 17.9. The summed E-state index contributed by atoms with van der Waals surface area (Å²) in [7, 11) is 0. The van der Waals surface area contributed by atoms with Crippen molar-refractivity contribution < 1.29 is 29.5 Å². The van der Waals surface area contributed by atoms with E-state index in [1.165, 1.54) is 38.9 Å². The van der Waals surface area contributed by atoms with Crippen LogP contribution < -0.4 is 10.0 Å². The smallest absolute Gasteiger partial charge is 0.328 e. The molecular formula is C22H29ClN2O5. The van der Waals surface area contributed by atoms with Gasteiger partial charge < -0.3 is 24.8 Å². The Balaban J connectivity index is 0.000000343. The average Bonchev–Trinajstić information content (AvgIpc) is 2.70. The van der Waals surface area contributed by atoms with Crippen molar-refractivity contribution in [1.29, 1.82) is 0 Å². The molecule has 1 amide bonds. The van der Waals surface area contributed by atoms with Crippen LogP contribution in [0.3, 0.4) is 0 Å². The number of piperidine rings is 2. The summed E-state index contributed by atoms with van der Waals surface area (Å²) in [5, 5.41) is 17.9. The fourth-order valence-corrected chi connectivity index (χ4v) is 4.35. The number of amides is 1. The molecular weight excluding hydrogens is 408 g/mol. The van der Waals surface area contributed by atoms with E-state index in [1.54, 1.807) is 17.0 Å². The molecule has 2 saturated heterocycles. The summed E-state index contributed by atoms with van der Waals surface area (Å²) in [6.07, 6.45) is 4.85. The molecule has 0 radical (unpaired) electrons. The van der Waals surface area contributed by atoms with Gasteiger partial charge in [-0.2, -0.15) is 0 Å². The fraction of sp³-hybridized carbons (Fsp3) is 0.500. The van der Waals surface area contributed by atoms with Gasteiger partial charge in [-0.25, -0.2) is 4.79 Å². The van der Waals surface area contributed by atoms with Crippen LogP contribution in [0.5, 0.6) is 0 Å². The second-order valence-electron chi connectivity index (χ2n) is 7.94. The summed E-state index contributed by atoms with van der Waals surface area (Å²) >= 11 is 5.91. The molecule has 2 atom stereocenters. The van der Waals surface area contributed by atoms with E-state index in [0.29, 0.717) is 29.0 Å². The summed E-state index contributed by atoms with van der Waals surface area (Å²) in [6, 6.07) is 7.29. The second kappa shape index (κ2) is 11.7. The maximum absolute atomic E-state index is 12.7. The van der Waals surface area contributed by atoms with Gasteiger partial charge in [0.05, 0.1) is 25.6 Å². The van der Waals surface area contributed by atoms with Gasteiger partial charge in [0.1, 0.15) is 0 Å². The third-order valence-corrected chi connectivity index (χ3v) is 5.65. The molecule has 8 heteroatoms. The fourth-order valence-electron chi connectivity index (χ4n) is 4.23. The number of quaternary nitrogens is 1. The van der Waals surface area contributed by atoms with Gasteiger partial charge in [-0.1, -0.05) is 24.9 Å². The highest BCUT2D eigenvalue weighted by atomic mass is 35.5. The summed E-state index contributed by atoms with van der Waals surface area (Å²) in [6.45, 7) is 7.88. The number of benzene rings is 1. The van der Waals surface area contributed by atoms with Gasteiger partial charge in [0.25, 0.3) is 5.91 Å². The first kappa shape index (κ1) is 23.9. The molecule has 3 rings (SSSR count). The van der Waals surface area contributed by atoms with Crippen LogP contribution in [0.25, 0.3) is 0 Å². The SMILES string of the molecule is CCCC[NH+]1CC2CC(CN(C(=O)c3ccc(Cl)cc3)C2)C1.O=C([O-])/C=C\C(=O)O. The number of carboxylic acids is 2. The molecule has 1 aromatic carbocycles. The minimum atomic E-state index is -1.51. The molecule has 2 heterocycles. The van der Waals surface area contributed by atoms with E-state index in [2.05, 4.69) is 11.8 Å². The van der Waals surface area contributed by atoms with E-state index in [-0.39, 0.29) is 5.91 Å². The minimum Gasteiger partial charge on any atom is -0.545 e. The van der Waals surface area contributed by atoms with Crippen molar-refractivity contribution in [2.75, 3.05) is 32.7 Å². The molecule has 2 aliphatic heterocycles. The lowest BCUT2D eigenvalue weighted by Crippen LogP contribution is -3.15. The topological polar surface area (TPSA) is 102 Å². The van der Waals surface area contributed by atoms with Crippen LogP contribution in [-0.2, 0) is 9.59 Å². The van der Waals surface area contributed by atoms with Crippen molar-refractivity contribution >= 4 is 29.4 Å². The number of carboxylic acid groups (broad SMARTS) is 2. The number of carbonyl (C=O) groups excluding carboxylic acids is 2. The molecule has 0 spiro atoms. The molecule has 2 N–H and O–H groups in total. The van der Waals surface area contributed by atoms with E-state index >= 15 is 0 Å². The first-order valence-electron chi connectivity index (χ1n) is 10.3. The number of carbonyl (C=O) groups is 3. The molecule has 1 aromatic rings. The highest BCUT2D eigenvalue weighted by molar-refractivity contribution is 6.30. The van der Waals surface area contributed by atoms with Gasteiger partial charge in [0.2, 0.25) is 0 Å². The molecule has 164 valence electrons. The number of aliphatic carboxylic acids is 2. The number of hydrogen-bond donors (Lipinski definition) is 2. The third-order valence-electron chi connectivity index (χ3n) is 5.40. The van der Waals surface area contributed by atoms with Crippen molar-refractivity contribution in [3.05, 3.63) is 47.0 Å². The van der Waals surface area contributed by atoms with E-state index < -0.39 is 11.9 Å². The Kier molecular flexibility index (Phi) is 9.33. The maximum Gasteiger partial charge on any atom is 0.328 e. The Labute approximate surface area is 181 Å². The second-order valence-corrected chi connectivity index (χ2v) is 8.37. The van der Waals surface area contributed by atoms with Gasteiger partial charge >= 0.3 is 5.97 Å². The van der Waals surface area contributed by atoms with Gasteiger partial charge in [-0.3, -0.25) is 4.79 Å². The van der Waals surface area contributed by atoms with Gasteiger partial charge in [-0.05, 0) is 43.2 Å². The van der Waals surface area contributed by atoms with Crippen LogP contribution in [-0.4, -0.2) is 60.6 Å². The van der Waals surface area contributed by atoms with Gasteiger partial charge in [0.15, 0.2) is 0 Å². The Bertz CT molecular complexity index is 735. The predicted octanol–water partition coefficient (Wildman–Crippen LogP) is 0.494. The zero-order valence-electron chi connectivity index (χ0n) is 17.2. The number of halogens is 1. The van der Waals surface area contributed by atoms with Gasteiger partial charge in [-0.15, -0.1) is 0 Å². The monoisotopic (exact) mass is 436 g/mol. The van der Waals surface area contributed by atoms with Crippen LogP contribution in [0, 0.1) is 11.8 Å². The number of likely N-dealkylation sites (tertiary alicyclic amines) is 2.